The lowest BCUT2D eigenvalue weighted by molar-refractivity contribution is 0.153. The summed E-state index contributed by atoms with van der Waals surface area (Å²) in [6.45, 7) is 5.66. The van der Waals surface area contributed by atoms with Gasteiger partial charge >= 0.3 is 0 Å². The van der Waals surface area contributed by atoms with E-state index in [0.717, 1.165) is 19.1 Å². The first kappa shape index (κ1) is 9.96. The second-order valence-corrected chi connectivity index (χ2v) is 3.51. The molecule has 3 nitrogen and oxygen atoms in total. The third kappa shape index (κ3) is 3.09. The second kappa shape index (κ2) is 5.51. The Balaban J connectivity index is 2.08. The molecule has 1 heterocycles. The highest BCUT2D eigenvalue weighted by Gasteiger charge is 2.21. The van der Waals surface area contributed by atoms with E-state index in [9.17, 15) is 0 Å². The molecule has 1 aliphatic rings. The molecule has 0 spiro atoms. The summed E-state index contributed by atoms with van der Waals surface area (Å²) in [7, 11) is 3.79. The van der Waals surface area contributed by atoms with E-state index in [1.165, 1.54) is 26.1 Å². The summed E-state index contributed by atoms with van der Waals surface area (Å²) < 4.78 is 5.14. The molecule has 0 amide bonds. The van der Waals surface area contributed by atoms with Gasteiger partial charge in [0.05, 0.1) is 6.61 Å². The molecule has 0 aromatic heterocycles. The van der Waals surface area contributed by atoms with Crippen molar-refractivity contribution in [1.82, 2.24) is 10.2 Å². The Labute approximate surface area is 75.1 Å². The molecular formula is C9H20N2O. The Morgan fingerprint density at radius 3 is 3.08 bits per heavy atom. The molecule has 1 atom stereocenters. The zero-order chi connectivity index (χ0) is 8.81. The number of likely N-dealkylation sites (tertiary alicyclic amines) is 1. The van der Waals surface area contributed by atoms with Crippen LogP contribution in [0.2, 0.25) is 0 Å². The molecule has 0 saturated carbocycles. The van der Waals surface area contributed by atoms with Crippen molar-refractivity contribution < 1.29 is 4.74 Å². The van der Waals surface area contributed by atoms with Gasteiger partial charge in [-0.2, -0.15) is 0 Å². The van der Waals surface area contributed by atoms with Crippen LogP contribution in [-0.2, 0) is 4.74 Å². The van der Waals surface area contributed by atoms with Gasteiger partial charge in [-0.3, -0.25) is 0 Å². The summed E-state index contributed by atoms with van der Waals surface area (Å²) >= 11 is 0. The van der Waals surface area contributed by atoms with E-state index in [0.29, 0.717) is 0 Å². The first-order valence-electron chi connectivity index (χ1n) is 4.72. The molecule has 1 N–H and O–H groups in total. The highest BCUT2D eigenvalue weighted by Crippen LogP contribution is 2.15. The SMILES string of the molecule is CNCCN1CCC(COC)C1. The lowest BCUT2D eigenvalue weighted by atomic mass is 10.1. The predicted molar refractivity (Wildman–Crippen MR) is 50.3 cm³/mol. The third-order valence-corrected chi connectivity index (χ3v) is 2.45. The normalized spacial score (nSPS) is 25.0. The first-order valence-corrected chi connectivity index (χ1v) is 4.72. The van der Waals surface area contributed by atoms with Crippen molar-refractivity contribution in [2.24, 2.45) is 5.92 Å². The molecule has 72 valence electrons. The number of hydrogen-bond donors (Lipinski definition) is 1. The maximum atomic E-state index is 5.14. The van der Waals surface area contributed by atoms with Crippen LogP contribution in [-0.4, -0.2) is 51.8 Å². The Kier molecular flexibility index (Phi) is 4.58. The van der Waals surface area contributed by atoms with Crippen LogP contribution in [0.15, 0.2) is 0 Å². The minimum Gasteiger partial charge on any atom is -0.384 e. The molecule has 1 rings (SSSR count). The van der Waals surface area contributed by atoms with Crippen molar-refractivity contribution in [1.29, 1.82) is 0 Å². The molecule has 1 saturated heterocycles. The van der Waals surface area contributed by atoms with Crippen molar-refractivity contribution in [2.45, 2.75) is 6.42 Å². The van der Waals surface area contributed by atoms with Gasteiger partial charge in [-0.15, -0.1) is 0 Å². The molecule has 1 fully saturated rings. The van der Waals surface area contributed by atoms with E-state index in [1.54, 1.807) is 7.11 Å². The first-order chi connectivity index (χ1) is 5.86. The third-order valence-electron chi connectivity index (χ3n) is 2.45. The number of methoxy groups -OCH3 is 1. The van der Waals surface area contributed by atoms with Gasteiger partial charge in [-0.1, -0.05) is 0 Å². The van der Waals surface area contributed by atoms with E-state index in [1.807, 2.05) is 7.05 Å². The molecular weight excluding hydrogens is 152 g/mol. The highest BCUT2D eigenvalue weighted by molar-refractivity contribution is 4.75. The summed E-state index contributed by atoms with van der Waals surface area (Å²) in [6, 6.07) is 0. The van der Waals surface area contributed by atoms with Gasteiger partial charge in [0.15, 0.2) is 0 Å². The smallest absolute Gasteiger partial charge is 0.0503 e. The number of likely N-dealkylation sites (N-methyl/N-ethyl adjacent to an activating group) is 1. The zero-order valence-corrected chi connectivity index (χ0v) is 8.18. The summed E-state index contributed by atoms with van der Waals surface area (Å²) in [5.41, 5.74) is 0. The van der Waals surface area contributed by atoms with Crippen molar-refractivity contribution in [2.75, 3.05) is 46.9 Å². The van der Waals surface area contributed by atoms with Crippen LogP contribution in [0, 0.1) is 5.92 Å². The van der Waals surface area contributed by atoms with Gasteiger partial charge in [0, 0.05) is 26.7 Å². The molecule has 1 unspecified atom stereocenters. The van der Waals surface area contributed by atoms with Crippen LogP contribution in [0.5, 0.6) is 0 Å². The Hall–Kier alpha value is -0.120. The monoisotopic (exact) mass is 172 g/mol. The standard InChI is InChI=1S/C9H20N2O/c1-10-4-6-11-5-3-9(7-11)8-12-2/h9-10H,3-8H2,1-2H3. The number of rotatable bonds is 5. The maximum absolute atomic E-state index is 5.14. The quantitative estimate of drug-likeness (QED) is 0.640. The van der Waals surface area contributed by atoms with Gasteiger partial charge < -0.3 is 15.0 Å². The zero-order valence-electron chi connectivity index (χ0n) is 8.18. The molecule has 3 heteroatoms. The Bertz CT molecular complexity index is 119. The van der Waals surface area contributed by atoms with Gasteiger partial charge in [-0.25, -0.2) is 0 Å². The number of ether oxygens (including phenoxy) is 1. The Morgan fingerprint density at radius 2 is 2.42 bits per heavy atom. The van der Waals surface area contributed by atoms with Crippen molar-refractivity contribution in [3.05, 3.63) is 0 Å². The maximum Gasteiger partial charge on any atom is 0.0503 e. The number of hydrogen-bond acceptors (Lipinski definition) is 3. The fraction of sp³-hybridized carbons (Fsp3) is 1.00. The van der Waals surface area contributed by atoms with Gasteiger partial charge in [0.25, 0.3) is 0 Å². The van der Waals surface area contributed by atoms with Crippen LogP contribution in [0.1, 0.15) is 6.42 Å². The molecule has 12 heavy (non-hydrogen) atoms. The van der Waals surface area contributed by atoms with E-state index >= 15 is 0 Å². The van der Waals surface area contributed by atoms with Crippen LogP contribution < -0.4 is 5.32 Å². The van der Waals surface area contributed by atoms with E-state index in [2.05, 4.69) is 10.2 Å². The van der Waals surface area contributed by atoms with Crippen molar-refractivity contribution in [3.63, 3.8) is 0 Å². The van der Waals surface area contributed by atoms with Crippen LogP contribution in [0.3, 0.4) is 0 Å². The summed E-state index contributed by atoms with van der Waals surface area (Å²) in [6.07, 6.45) is 1.30. The molecule has 0 aliphatic carbocycles. The molecule has 0 aromatic carbocycles. The lowest BCUT2D eigenvalue weighted by Crippen LogP contribution is -2.29. The van der Waals surface area contributed by atoms with E-state index in [-0.39, 0.29) is 0 Å². The topological polar surface area (TPSA) is 24.5 Å². The Morgan fingerprint density at radius 1 is 1.58 bits per heavy atom. The van der Waals surface area contributed by atoms with Crippen LogP contribution >= 0.6 is 0 Å². The lowest BCUT2D eigenvalue weighted by Gasteiger charge is -2.14. The van der Waals surface area contributed by atoms with Crippen LogP contribution in [0.4, 0.5) is 0 Å². The van der Waals surface area contributed by atoms with Gasteiger partial charge in [0.1, 0.15) is 0 Å². The number of nitrogens with one attached hydrogen (secondary N) is 1. The minimum absolute atomic E-state index is 0.770. The van der Waals surface area contributed by atoms with E-state index < -0.39 is 0 Å². The summed E-state index contributed by atoms with van der Waals surface area (Å²) in [5.74, 6) is 0.770. The average molecular weight is 172 g/mol. The predicted octanol–water partition coefficient (Wildman–Crippen LogP) is 0.174. The largest absolute Gasteiger partial charge is 0.384 e. The van der Waals surface area contributed by atoms with Gasteiger partial charge in [-0.05, 0) is 25.9 Å². The molecule has 1 aliphatic heterocycles. The second-order valence-electron chi connectivity index (χ2n) is 3.51. The molecule has 0 bridgehead atoms. The minimum atomic E-state index is 0.770. The fourth-order valence-electron chi connectivity index (χ4n) is 1.76. The summed E-state index contributed by atoms with van der Waals surface area (Å²) in [5, 5.41) is 3.17. The fourth-order valence-corrected chi connectivity index (χ4v) is 1.76. The van der Waals surface area contributed by atoms with Gasteiger partial charge in [0.2, 0.25) is 0 Å². The number of nitrogens with zero attached hydrogens (tertiary/aromatic N) is 1. The highest BCUT2D eigenvalue weighted by atomic mass is 16.5. The van der Waals surface area contributed by atoms with E-state index in [4.69, 9.17) is 4.74 Å². The van der Waals surface area contributed by atoms with Crippen molar-refractivity contribution >= 4 is 0 Å². The van der Waals surface area contributed by atoms with Crippen LogP contribution in [0.25, 0.3) is 0 Å². The average Bonchev–Trinajstić information content (AvgIpc) is 2.50. The van der Waals surface area contributed by atoms with Crippen molar-refractivity contribution in [3.8, 4) is 0 Å². The molecule has 0 aromatic rings. The summed E-state index contributed by atoms with van der Waals surface area (Å²) in [4.78, 5) is 2.50. The molecule has 0 radical (unpaired) electrons.